The number of carbonyl (C=O) groups is 1. The average molecular weight is 248 g/mol. The molecular weight excluding hydrogens is 230 g/mol. The van der Waals surface area contributed by atoms with Crippen molar-refractivity contribution in [2.75, 3.05) is 13.1 Å². The molecule has 1 rings (SSSR count). The van der Waals surface area contributed by atoms with E-state index in [2.05, 4.69) is 19.2 Å². The van der Waals surface area contributed by atoms with E-state index in [0.29, 0.717) is 12.3 Å². The molecule has 0 amide bonds. The van der Waals surface area contributed by atoms with Crippen molar-refractivity contribution in [2.24, 2.45) is 5.92 Å². The van der Waals surface area contributed by atoms with Crippen LogP contribution in [0, 0.1) is 5.92 Å². The van der Waals surface area contributed by atoms with Crippen molar-refractivity contribution in [3.63, 3.8) is 0 Å². The van der Waals surface area contributed by atoms with Crippen molar-refractivity contribution < 1.29 is 4.79 Å². The van der Waals surface area contributed by atoms with E-state index >= 15 is 0 Å². The fourth-order valence-corrected chi connectivity index (χ4v) is 1.85. The summed E-state index contributed by atoms with van der Waals surface area (Å²) in [5.41, 5.74) is 0. The van der Waals surface area contributed by atoms with Crippen molar-refractivity contribution in [1.82, 2.24) is 5.32 Å². The van der Waals surface area contributed by atoms with Crippen LogP contribution >= 0.6 is 23.7 Å². The summed E-state index contributed by atoms with van der Waals surface area (Å²) in [7, 11) is 0. The molecule has 0 radical (unpaired) electrons. The minimum atomic E-state index is 0. The fraction of sp³-hybridized carbons (Fsp3) is 0.545. The van der Waals surface area contributed by atoms with Crippen LogP contribution in [-0.2, 0) is 0 Å². The third kappa shape index (κ3) is 5.92. The molecule has 2 nitrogen and oxygen atoms in total. The van der Waals surface area contributed by atoms with Crippen LogP contribution in [0.5, 0.6) is 0 Å². The summed E-state index contributed by atoms with van der Waals surface area (Å²) < 4.78 is 0. The molecule has 0 aromatic carbocycles. The van der Waals surface area contributed by atoms with Gasteiger partial charge in [-0.15, -0.1) is 23.7 Å². The van der Waals surface area contributed by atoms with Crippen LogP contribution in [0.3, 0.4) is 0 Å². The number of ketones is 1. The van der Waals surface area contributed by atoms with Crippen molar-refractivity contribution in [1.29, 1.82) is 0 Å². The van der Waals surface area contributed by atoms with Crippen LogP contribution in [0.2, 0.25) is 0 Å². The quantitative estimate of drug-likeness (QED) is 0.619. The maximum absolute atomic E-state index is 11.5. The summed E-state index contributed by atoms with van der Waals surface area (Å²) in [6, 6.07) is 3.80. The lowest BCUT2D eigenvalue weighted by molar-refractivity contribution is 0.0986. The Bertz CT molecular complexity index is 272. The van der Waals surface area contributed by atoms with Gasteiger partial charge < -0.3 is 5.32 Å². The van der Waals surface area contributed by atoms with Crippen LogP contribution in [-0.4, -0.2) is 18.9 Å². The van der Waals surface area contributed by atoms with Gasteiger partial charge >= 0.3 is 0 Å². The molecule has 15 heavy (non-hydrogen) atoms. The highest BCUT2D eigenvalue weighted by Gasteiger charge is 2.05. The second-order valence-electron chi connectivity index (χ2n) is 3.75. The standard InChI is InChI=1S/C11H17NOS.ClH/c1-9(2)8-12-6-5-10(13)11-4-3-7-14-11;/h3-4,7,9,12H,5-6,8H2,1-2H3;1H. The summed E-state index contributed by atoms with van der Waals surface area (Å²) in [5.74, 6) is 0.892. The number of carbonyl (C=O) groups excluding carboxylic acids is 1. The van der Waals surface area contributed by atoms with Gasteiger partial charge in [-0.2, -0.15) is 0 Å². The van der Waals surface area contributed by atoms with Crippen LogP contribution in [0.1, 0.15) is 29.9 Å². The summed E-state index contributed by atoms with van der Waals surface area (Å²) in [4.78, 5) is 12.4. The smallest absolute Gasteiger partial charge is 0.174 e. The lowest BCUT2D eigenvalue weighted by Gasteiger charge is -2.05. The summed E-state index contributed by atoms with van der Waals surface area (Å²) in [6.07, 6.45) is 0.604. The molecule has 86 valence electrons. The van der Waals surface area contributed by atoms with Crippen molar-refractivity contribution in [2.45, 2.75) is 20.3 Å². The van der Waals surface area contributed by atoms with Gasteiger partial charge in [-0.05, 0) is 23.9 Å². The SMILES string of the molecule is CC(C)CNCCC(=O)c1cccs1.Cl. The summed E-state index contributed by atoms with van der Waals surface area (Å²) in [5, 5.41) is 5.20. The zero-order valence-electron chi connectivity index (χ0n) is 9.16. The molecule has 0 aliphatic carbocycles. The van der Waals surface area contributed by atoms with Crippen LogP contribution in [0.4, 0.5) is 0 Å². The van der Waals surface area contributed by atoms with Gasteiger partial charge in [-0.3, -0.25) is 4.79 Å². The topological polar surface area (TPSA) is 29.1 Å². The molecule has 1 N–H and O–H groups in total. The number of hydrogen-bond donors (Lipinski definition) is 1. The molecule has 0 spiro atoms. The second kappa shape index (κ2) is 7.85. The van der Waals surface area contributed by atoms with E-state index in [1.807, 2.05) is 17.5 Å². The zero-order chi connectivity index (χ0) is 10.4. The molecular formula is C11H18ClNOS. The van der Waals surface area contributed by atoms with Crippen molar-refractivity contribution in [3.05, 3.63) is 22.4 Å². The highest BCUT2D eigenvalue weighted by Crippen LogP contribution is 2.10. The Kier molecular flexibility index (Phi) is 7.65. The average Bonchev–Trinajstić information content (AvgIpc) is 2.64. The zero-order valence-corrected chi connectivity index (χ0v) is 10.8. The van der Waals surface area contributed by atoms with Gasteiger partial charge in [-0.25, -0.2) is 0 Å². The van der Waals surface area contributed by atoms with E-state index in [9.17, 15) is 4.79 Å². The number of rotatable bonds is 6. The monoisotopic (exact) mass is 247 g/mol. The number of halogens is 1. The van der Waals surface area contributed by atoms with E-state index in [0.717, 1.165) is 18.0 Å². The van der Waals surface area contributed by atoms with Gasteiger partial charge in [0.1, 0.15) is 0 Å². The lowest BCUT2D eigenvalue weighted by Crippen LogP contribution is -2.22. The molecule has 1 heterocycles. The minimum Gasteiger partial charge on any atom is -0.316 e. The van der Waals surface area contributed by atoms with Gasteiger partial charge in [0.15, 0.2) is 5.78 Å². The maximum Gasteiger partial charge on any atom is 0.174 e. The Balaban J connectivity index is 0.00000196. The first-order valence-corrected chi connectivity index (χ1v) is 5.85. The molecule has 4 heteroatoms. The van der Waals surface area contributed by atoms with E-state index in [-0.39, 0.29) is 18.2 Å². The van der Waals surface area contributed by atoms with Crippen LogP contribution in [0.15, 0.2) is 17.5 Å². The summed E-state index contributed by atoms with van der Waals surface area (Å²) >= 11 is 1.52. The molecule has 1 aromatic rings. The van der Waals surface area contributed by atoms with E-state index in [1.54, 1.807) is 0 Å². The third-order valence-electron chi connectivity index (χ3n) is 1.88. The predicted molar refractivity (Wildman–Crippen MR) is 68.2 cm³/mol. The van der Waals surface area contributed by atoms with E-state index < -0.39 is 0 Å². The molecule has 0 aliphatic rings. The predicted octanol–water partition coefficient (Wildman–Crippen LogP) is 2.99. The molecule has 1 aromatic heterocycles. The number of thiophene rings is 1. The Morgan fingerprint density at radius 2 is 2.27 bits per heavy atom. The number of hydrogen-bond acceptors (Lipinski definition) is 3. The minimum absolute atomic E-state index is 0. The summed E-state index contributed by atoms with van der Waals surface area (Å²) in [6.45, 7) is 6.09. The van der Waals surface area contributed by atoms with Gasteiger partial charge in [0, 0.05) is 13.0 Å². The van der Waals surface area contributed by atoms with Crippen molar-refractivity contribution >= 4 is 29.5 Å². The van der Waals surface area contributed by atoms with Crippen LogP contribution < -0.4 is 5.32 Å². The Labute approximate surface area is 101 Å². The maximum atomic E-state index is 11.5. The largest absolute Gasteiger partial charge is 0.316 e. The van der Waals surface area contributed by atoms with Gasteiger partial charge in [0.25, 0.3) is 0 Å². The Morgan fingerprint density at radius 3 is 2.80 bits per heavy atom. The first kappa shape index (κ1) is 14.6. The fourth-order valence-electron chi connectivity index (χ4n) is 1.15. The molecule has 0 unspecified atom stereocenters. The third-order valence-corrected chi connectivity index (χ3v) is 2.79. The van der Waals surface area contributed by atoms with E-state index in [1.165, 1.54) is 11.3 Å². The molecule has 0 atom stereocenters. The normalized spacial score (nSPS) is 10.1. The molecule has 0 bridgehead atoms. The second-order valence-corrected chi connectivity index (χ2v) is 4.70. The van der Waals surface area contributed by atoms with Gasteiger partial charge in [0.2, 0.25) is 0 Å². The molecule has 0 aliphatic heterocycles. The lowest BCUT2D eigenvalue weighted by atomic mass is 10.2. The first-order valence-electron chi connectivity index (χ1n) is 4.97. The Morgan fingerprint density at radius 1 is 1.53 bits per heavy atom. The van der Waals surface area contributed by atoms with Crippen LogP contribution in [0.25, 0.3) is 0 Å². The highest BCUT2D eigenvalue weighted by atomic mass is 35.5. The molecule has 0 saturated heterocycles. The number of Topliss-reactive ketones (excluding diaryl/α,β-unsaturated/α-hetero) is 1. The van der Waals surface area contributed by atoms with E-state index in [4.69, 9.17) is 0 Å². The van der Waals surface area contributed by atoms with Crippen molar-refractivity contribution in [3.8, 4) is 0 Å². The highest BCUT2D eigenvalue weighted by molar-refractivity contribution is 7.12. The first-order chi connectivity index (χ1) is 6.70. The number of nitrogens with one attached hydrogen (secondary N) is 1. The molecule has 0 fully saturated rings. The van der Waals surface area contributed by atoms with Gasteiger partial charge in [-0.1, -0.05) is 19.9 Å². The van der Waals surface area contributed by atoms with Gasteiger partial charge in [0.05, 0.1) is 4.88 Å². The molecule has 0 saturated carbocycles. The Hall–Kier alpha value is -0.380.